The van der Waals surface area contributed by atoms with Crippen molar-refractivity contribution in [2.75, 3.05) is 5.73 Å². The van der Waals surface area contributed by atoms with Gasteiger partial charge in [0.05, 0.1) is 5.69 Å². The lowest BCUT2D eigenvalue weighted by molar-refractivity contribution is 1.08. The van der Waals surface area contributed by atoms with E-state index in [2.05, 4.69) is 41.4 Å². The van der Waals surface area contributed by atoms with E-state index in [1.54, 1.807) is 0 Å². The molecule has 2 heterocycles. The number of nitrogens with zero attached hydrogens (tertiary/aromatic N) is 3. The summed E-state index contributed by atoms with van der Waals surface area (Å²) in [4.78, 5) is 0. The average Bonchev–Trinajstić information content (AvgIpc) is 2.83. The Morgan fingerprint density at radius 3 is 2.63 bits per heavy atom. The normalized spacial score (nSPS) is 11.4. The minimum Gasteiger partial charge on any atom is -0.396 e. The molecule has 94 valence electrons. The number of hydrogen-bond acceptors (Lipinski definition) is 3. The zero-order valence-electron chi connectivity index (χ0n) is 10.6. The topological polar surface area (TPSA) is 56.2 Å². The predicted molar refractivity (Wildman–Crippen MR) is 77.5 cm³/mol. The summed E-state index contributed by atoms with van der Waals surface area (Å²) in [5, 5.41) is 8.22. The van der Waals surface area contributed by atoms with Crippen molar-refractivity contribution < 1.29 is 0 Å². The van der Waals surface area contributed by atoms with E-state index in [0.717, 1.165) is 11.4 Å². The van der Waals surface area contributed by atoms with Gasteiger partial charge in [-0.25, -0.2) is 0 Å². The maximum Gasteiger partial charge on any atom is 0.184 e. The highest BCUT2D eigenvalue weighted by Gasteiger charge is 2.03. The van der Waals surface area contributed by atoms with Crippen LogP contribution in [-0.2, 0) is 0 Å². The molecular weight excluding hydrogens is 236 g/mol. The molecule has 2 aromatic heterocycles. The Bertz CT molecular complexity index is 738. The van der Waals surface area contributed by atoms with Gasteiger partial charge in [0.1, 0.15) is 0 Å². The van der Waals surface area contributed by atoms with Crippen LogP contribution in [0.2, 0.25) is 0 Å². The van der Waals surface area contributed by atoms with Crippen LogP contribution in [0.3, 0.4) is 0 Å². The molecule has 2 N–H and O–H groups in total. The Balaban J connectivity index is 1.97. The fraction of sp³-hybridized carbons (Fsp3) is 0.0667. The summed E-state index contributed by atoms with van der Waals surface area (Å²) in [5.74, 6) is 0.767. The first-order valence-electron chi connectivity index (χ1n) is 6.08. The van der Waals surface area contributed by atoms with Gasteiger partial charge in [-0.1, -0.05) is 35.9 Å². The minimum atomic E-state index is 0.630. The molecule has 0 amide bonds. The van der Waals surface area contributed by atoms with Gasteiger partial charge in [-0.2, -0.15) is 0 Å². The highest BCUT2D eigenvalue weighted by molar-refractivity contribution is 5.70. The van der Waals surface area contributed by atoms with E-state index < -0.39 is 0 Å². The monoisotopic (exact) mass is 250 g/mol. The van der Waals surface area contributed by atoms with Crippen LogP contribution in [0.15, 0.2) is 42.6 Å². The Morgan fingerprint density at radius 2 is 1.84 bits per heavy atom. The maximum absolute atomic E-state index is 5.85. The average molecular weight is 250 g/mol. The maximum atomic E-state index is 5.85. The molecule has 0 fully saturated rings. The molecule has 19 heavy (non-hydrogen) atoms. The van der Waals surface area contributed by atoms with Crippen molar-refractivity contribution in [2.45, 2.75) is 6.92 Å². The molecule has 0 saturated heterocycles. The van der Waals surface area contributed by atoms with Crippen LogP contribution in [0.1, 0.15) is 17.0 Å². The Labute approximate surface area is 111 Å². The van der Waals surface area contributed by atoms with Crippen molar-refractivity contribution in [3.63, 3.8) is 0 Å². The first-order valence-corrected chi connectivity index (χ1v) is 6.08. The largest absolute Gasteiger partial charge is 0.396 e. The van der Waals surface area contributed by atoms with Crippen molar-refractivity contribution in [1.29, 1.82) is 0 Å². The number of anilines is 1. The third kappa shape index (κ3) is 2.20. The van der Waals surface area contributed by atoms with Crippen LogP contribution >= 0.6 is 0 Å². The molecule has 3 aromatic rings. The Kier molecular flexibility index (Phi) is 2.76. The number of aromatic nitrogens is 3. The summed E-state index contributed by atoms with van der Waals surface area (Å²) in [7, 11) is 0. The fourth-order valence-corrected chi connectivity index (χ4v) is 1.92. The van der Waals surface area contributed by atoms with Crippen molar-refractivity contribution >= 4 is 23.5 Å². The molecule has 4 nitrogen and oxygen atoms in total. The molecule has 1 aromatic carbocycles. The molecule has 0 aliphatic carbocycles. The summed E-state index contributed by atoms with van der Waals surface area (Å²) in [5.41, 5.74) is 9.54. The first-order chi connectivity index (χ1) is 9.24. The Morgan fingerprint density at radius 1 is 1.05 bits per heavy atom. The molecule has 0 bridgehead atoms. The molecule has 3 rings (SSSR count). The highest BCUT2D eigenvalue weighted by Crippen LogP contribution is 2.13. The third-order valence-electron chi connectivity index (χ3n) is 2.99. The lowest BCUT2D eigenvalue weighted by Crippen LogP contribution is -1.92. The number of fused-ring (bicyclic) bond motifs is 1. The van der Waals surface area contributed by atoms with E-state index in [9.17, 15) is 0 Å². The SMILES string of the molecule is Cc1ccc(/C=C/c2nnc3c(N)cccn23)cc1. The zero-order chi connectivity index (χ0) is 13.2. The van der Waals surface area contributed by atoms with E-state index >= 15 is 0 Å². The molecule has 0 unspecified atom stereocenters. The van der Waals surface area contributed by atoms with Gasteiger partial charge in [0.2, 0.25) is 0 Å². The third-order valence-corrected chi connectivity index (χ3v) is 2.99. The van der Waals surface area contributed by atoms with Crippen LogP contribution in [0.25, 0.3) is 17.8 Å². The number of rotatable bonds is 2. The summed E-state index contributed by atoms with van der Waals surface area (Å²) in [6, 6.07) is 12.0. The first kappa shape index (κ1) is 11.5. The lowest BCUT2D eigenvalue weighted by Gasteiger charge is -1.97. The smallest absolute Gasteiger partial charge is 0.184 e. The van der Waals surface area contributed by atoms with Gasteiger partial charge in [0.25, 0.3) is 0 Å². The van der Waals surface area contributed by atoms with Crippen LogP contribution in [-0.4, -0.2) is 14.6 Å². The van der Waals surface area contributed by atoms with Gasteiger partial charge < -0.3 is 5.73 Å². The van der Waals surface area contributed by atoms with Crippen LogP contribution in [0, 0.1) is 6.92 Å². The van der Waals surface area contributed by atoms with Crippen molar-refractivity contribution in [3.05, 3.63) is 59.5 Å². The minimum absolute atomic E-state index is 0.630. The number of pyridine rings is 1. The summed E-state index contributed by atoms with van der Waals surface area (Å²) in [6.07, 6.45) is 5.85. The summed E-state index contributed by atoms with van der Waals surface area (Å²) >= 11 is 0. The molecular formula is C15H14N4. The number of aryl methyl sites for hydroxylation is 1. The second-order valence-electron chi connectivity index (χ2n) is 4.46. The van der Waals surface area contributed by atoms with Gasteiger partial charge in [-0.15, -0.1) is 10.2 Å². The highest BCUT2D eigenvalue weighted by atomic mass is 15.2. The van der Waals surface area contributed by atoms with Crippen molar-refractivity contribution in [3.8, 4) is 0 Å². The number of nitrogen functional groups attached to an aromatic ring is 1. The van der Waals surface area contributed by atoms with Gasteiger partial charge in [0, 0.05) is 6.20 Å². The van der Waals surface area contributed by atoms with Crippen molar-refractivity contribution in [1.82, 2.24) is 14.6 Å². The van der Waals surface area contributed by atoms with Gasteiger partial charge in [0.15, 0.2) is 11.5 Å². The molecule has 0 radical (unpaired) electrons. The van der Waals surface area contributed by atoms with E-state index in [4.69, 9.17) is 5.73 Å². The zero-order valence-corrected chi connectivity index (χ0v) is 10.6. The lowest BCUT2D eigenvalue weighted by atomic mass is 10.1. The molecule has 4 heteroatoms. The van der Waals surface area contributed by atoms with Crippen LogP contribution in [0.4, 0.5) is 5.69 Å². The van der Waals surface area contributed by atoms with Crippen LogP contribution in [0.5, 0.6) is 0 Å². The van der Waals surface area contributed by atoms with Crippen molar-refractivity contribution in [2.24, 2.45) is 0 Å². The molecule has 0 atom stereocenters. The second kappa shape index (κ2) is 4.57. The van der Waals surface area contributed by atoms with E-state index in [1.807, 2.05) is 34.9 Å². The van der Waals surface area contributed by atoms with Crippen LogP contribution < -0.4 is 5.73 Å². The van der Waals surface area contributed by atoms with E-state index in [0.29, 0.717) is 11.3 Å². The molecule has 0 spiro atoms. The second-order valence-corrected chi connectivity index (χ2v) is 4.46. The van der Waals surface area contributed by atoms with Gasteiger partial charge in [-0.3, -0.25) is 4.40 Å². The summed E-state index contributed by atoms with van der Waals surface area (Å²) < 4.78 is 1.88. The number of nitrogens with two attached hydrogens (primary N) is 1. The quantitative estimate of drug-likeness (QED) is 0.760. The number of hydrogen-bond donors (Lipinski definition) is 1. The Hall–Kier alpha value is -2.62. The number of benzene rings is 1. The van der Waals surface area contributed by atoms with Gasteiger partial charge in [-0.05, 0) is 30.7 Å². The molecule has 0 aliphatic rings. The predicted octanol–water partition coefficient (Wildman–Crippen LogP) is 2.79. The van der Waals surface area contributed by atoms with E-state index in [1.165, 1.54) is 5.56 Å². The van der Waals surface area contributed by atoms with Gasteiger partial charge >= 0.3 is 0 Å². The van der Waals surface area contributed by atoms with E-state index in [-0.39, 0.29) is 0 Å². The summed E-state index contributed by atoms with van der Waals surface area (Å²) in [6.45, 7) is 2.07. The standard InChI is InChI=1S/C15H14N4/c1-11-4-6-12(7-5-11)8-9-14-17-18-15-13(16)3-2-10-19(14)15/h2-10H,16H2,1H3/b9-8+. The molecule has 0 aliphatic heterocycles. The molecule has 0 saturated carbocycles. The fourth-order valence-electron chi connectivity index (χ4n) is 1.92.